The Morgan fingerprint density at radius 1 is 1.28 bits per heavy atom. The van der Waals surface area contributed by atoms with Crippen LogP contribution in [0.1, 0.15) is 15.9 Å². The summed E-state index contributed by atoms with van der Waals surface area (Å²) in [4.78, 5) is 15.7. The summed E-state index contributed by atoms with van der Waals surface area (Å²) >= 11 is 0. The summed E-state index contributed by atoms with van der Waals surface area (Å²) in [5, 5.41) is 0. The second-order valence-corrected chi connectivity index (χ2v) is 3.80. The third kappa shape index (κ3) is 2.51. The van der Waals surface area contributed by atoms with Gasteiger partial charge in [0.05, 0.1) is 5.56 Å². The van der Waals surface area contributed by atoms with Crippen LogP contribution in [0.2, 0.25) is 0 Å². The fraction of sp³-hybridized carbons (Fsp3) is 0.0769. The number of nitrogens with zero attached hydrogens (tertiary/aromatic N) is 1. The van der Waals surface area contributed by atoms with Crippen molar-refractivity contribution < 1.29 is 13.6 Å². The standard InChI is InChI=1S/C13H10F2N2O/c14-9-2-1-8(11(15)6-9)5-13(18)10-7-17-4-3-12(10)16/h1-4,6-7H,5H2,(H2,16,17). The van der Waals surface area contributed by atoms with E-state index in [1.807, 2.05) is 0 Å². The van der Waals surface area contributed by atoms with Gasteiger partial charge >= 0.3 is 0 Å². The normalized spacial score (nSPS) is 10.3. The number of hydrogen-bond donors (Lipinski definition) is 1. The number of rotatable bonds is 3. The molecule has 1 heterocycles. The lowest BCUT2D eigenvalue weighted by molar-refractivity contribution is 0.0992. The number of halogens is 2. The Morgan fingerprint density at radius 3 is 2.72 bits per heavy atom. The zero-order valence-corrected chi connectivity index (χ0v) is 9.36. The molecule has 2 N–H and O–H groups in total. The number of carbonyl (C=O) groups excluding carboxylic acids is 1. The molecule has 0 spiro atoms. The zero-order valence-electron chi connectivity index (χ0n) is 9.36. The van der Waals surface area contributed by atoms with Gasteiger partial charge in [-0.3, -0.25) is 9.78 Å². The lowest BCUT2D eigenvalue weighted by Crippen LogP contribution is -2.08. The molecule has 0 amide bonds. The molecule has 0 aliphatic carbocycles. The molecule has 0 bridgehead atoms. The average Bonchev–Trinajstić information content (AvgIpc) is 2.33. The van der Waals surface area contributed by atoms with Crippen molar-refractivity contribution in [3.63, 3.8) is 0 Å². The molecule has 18 heavy (non-hydrogen) atoms. The third-order valence-corrected chi connectivity index (χ3v) is 2.52. The molecule has 3 nitrogen and oxygen atoms in total. The van der Waals surface area contributed by atoms with E-state index >= 15 is 0 Å². The van der Waals surface area contributed by atoms with Crippen LogP contribution in [0.5, 0.6) is 0 Å². The van der Waals surface area contributed by atoms with Crippen molar-refractivity contribution >= 4 is 11.5 Å². The minimum absolute atomic E-state index is 0.129. The molecule has 0 fully saturated rings. The van der Waals surface area contributed by atoms with Gasteiger partial charge < -0.3 is 5.73 Å². The first kappa shape index (κ1) is 12.2. The second kappa shape index (κ2) is 4.91. The van der Waals surface area contributed by atoms with Gasteiger partial charge in [0.1, 0.15) is 11.6 Å². The minimum atomic E-state index is -0.745. The average molecular weight is 248 g/mol. The van der Waals surface area contributed by atoms with E-state index in [1.54, 1.807) is 0 Å². The monoisotopic (exact) mass is 248 g/mol. The molecule has 0 radical (unpaired) electrons. The lowest BCUT2D eigenvalue weighted by Gasteiger charge is -2.05. The van der Waals surface area contributed by atoms with Crippen molar-refractivity contribution in [3.8, 4) is 0 Å². The summed E-state index contributed by atoms with van der Waals surface area (Å²) in [6, 6.07) is 4.59. The quantitative estimate of drug-likeness (QED) is 0.848. The molecule has 0 atom stereocenters. The molecule has 0 unspecified atom stereocenters. The maximum absolute atomic E-state index is 13.4. The first-order chi connectivity index (χ1) is 8.58. The van der Waals surface area contributed by atoms with E-state index < -0.39 is 11.6 Å². The molecule has 0 aliphatic rings. The van der Waals surface area contributed by atoms with Gasteiger partial charge in [0.25, 0.3) is 0 Å². The van der Waals surface area contributed by atoms with Gasteiger partial charge in [-0.1, -0.05) is 6.07 Å². The number of aromatic nitrogens is 1. The number of ketones is 1. The Hall–Kier alpha value is -2.30. The topological polar surface area (TPSA) is 56.0 Å². The Kier molecular flexibility index (Phi) is 3.32. The van der Waals surface area contributed by atoms with Gasteiger partial charge in [-0.2, -0.15) is 0 Å². The van der Waals surface area contributed by atoms with E-state index in [1.165, 1.54) is 24.5 Å². The van der Waals surface area contributed by atoms with Gasteiger partial charge in [0.15, 0.2) is 5.78 Å². The van der Waals surface area contributed by atoms with Crippen LogP contribution >= 0.6 is 0 Å². The van der Waals surface area contributed by atoms with E-state index in [0.29, 0.717) is 0 Å². The largest absolute Gasteiger partial charge is 0.398 e. The van der Waals surface area contributed by atoms with Gasteiger partial charge in [-0.05, 0) is 17.7 Å². The molecular weight excluding hydrogens is 238 g/mol. The highest BCUT2D eigenvalue weighted by Gasteiger charge is 2.13. The third-order valence-electron chi connectivity index (χ3n) is 2.52. The van der Waals surface area contributed by atoms with Crippen LogP contribution in [0, 0.1) is 11.6 Å². The van der Waals surface area contributed by atoms with Crippen molar-refractivity contribution in [1.29, 1.82) is 0 Å². The van der Waals surface area contributed by atoms with Crippen molar-refractivity contribution in [2.45, 2.75) is 6.42 Å². The molecule has 1 aromatic carbocycles. The minimum Gasteiger partial charge on any atom is -0.398 e. The first-order valence-electron chi connectivity index (χ1n) is 5.24. The predicted molar refractivity (Wildman–Crippen MR) is 63.0 cm³/mol. The molecule has 1 aromatic heterocycles. The van der Waals surface area contributed by atoms with E-state index in [2.05, 4.69) is 4.98 Å². The number of nitrogens with two attached hydrogens (primary N) is 1. The summed E-state index contributed by atoms with van der Waals surface area (Å²) in [7, 11) is 0. The number of hydrogen-bond acceptors (Lipinski definition) is 3. The number of Topliss-reactive ketones (excluding diaryl/α,β-unsaturated/α-hetero) is 1. The summed E-state index contributed by atoms with van der Waals surface area (Å²) in [6.07, 6.45) is 2.62. The van der Waals surface area contributed by atoms with Gasteiger partial charge in [-0.15, -0.1) is 0 Å². The Balaban J connectivity index is 2.24. The van der Waals surface area contributed by atoms with Crippen LogP contribution < -0.4 is 5.73 Å². The maximum atomic E-state index is 13.4. The van der Waals surface area contributed by atoms with Gasteiger partial charge in [0, 0.05) is 30.6 Å². The summed E-state index contributed by atoms with van der Waals surface area (Å²) < 4.78 is 26.1. The number of anilines is 1. The SMILES string of the molecule is Nc1ccncc1C(=O)Cc1ccc(F)cc1F. The Bertz CT molecular complexity index is 599. The van der Waals surface area contributed by atoms with Gasteiger partial charge in [-0.25, -0.2) is 8.78 Å². The smallest absolute Gasteiger partial charge is 0.170 e. The number of benzene rings is 1. The molecule has 2 rings (SSSR count). The molecule has 0 aliphatic heterocycles. The van der Waals surface area contributed by atoms with Crippen molar-refractivity contribution in [1.82, 2.24) is 4.98 Å². The van der Waals surface area contributed by atoms with Crippen LogP contribution in [-0.4, -0.2) is 10.8 Å². The van der Waals surface area contributed by atoms with E-state index in [4.69, 9.17) is 5.73 Å². The van der Waals surface area contributed by atoms with Crippen LogP contribution in [0.3, 0.4) is 0 Å². The molecule has 5 heteroatoms. The zero-order chi connectivity index (χ0) is 13.1. The van der Waals surface area contributed by atoms with Crippen LogP contribution in [-0.2, 0) is 6.42 Å². The molecule has 2 aromatic rings. The fourth-order valence-corrected chi connectivity index (χ4v) is 1.57. The first-order valence-corrected chi connectivity index (χ1v) is 5.24. The maximum Gasteiger partial charge on any atom is 0.170 e. The Morgan fingerprint density at radius 2 is 2.06 bits per heavy atom. The Labute approximate surface area is 102 Å². The molecule has 0 saturated heterocycles. The highest BCUT2D eigenvalue weighted by Crippen LogP contribution is 2.15. The summed E-state index contributed by atoms with van der Waals surface area (Å²) in [6.45, 7) is 0. The van der Waals surface area contributed by atoms with Crippen LogP contribution in [0.15, 0.2) is 36.7 Å². The van der Waals surface area contributed by atoms with Crippen LogP contribution in [0.25, 0.3) is 0 Å². The molecular formula is C13H10F2N2O. The number of nitrogen functional groups attached to an aromatic ring is 1. The summed E-state index contributed by atoms with van der Waals surface area (Å²) in [5.41, 5.74) is 6.28. The van der Waals surface area contributed by atoms with Gasteiger partial charge in [0.2, 0.25) is 0 Å². The predicted octanol–water partition coefficient (Wildman–Crippen LogP) is 2.37. The summed E-state index contributed by atoms with van der Waals surface area (Å²) in [5.74, 6) is -1.78. The van der Waals surface area contributed by atoms with E-state index in [0.717, 1.165) is 12.1 Å². The molecule has 0 saturated carbocycles. The number of carbonyl (C=O) groups is 1. The van der Waals surface area contributed by atoms with Crippen molar-refractivity contribution in [2.24, 2.45) is 0 Å². The van der Waals surface area contributed by atoms with Crippen molar-refractivity contribution in [3.05, 3.63) is 59.4 Å². The highest BCUT2D eigenvalue weighted by atomic mass is 19.1. The van der Waals surface area contributed by atoms with E-state index in [9.17, 15) is 13.6 Å². The fourth-order valence-electron chi connectivity index (χ4n) is 1.57. The number of pyridine rings is 1. The second-order valence-electron chi connectivity index (χ2n) is 3.80. The molecule has 92 valence electrons. The highest BCUT2D eigenvalue weighted by molar-refractivity contribution is 6.01. The lowest BCUT2D eigenvalue weighted by atomic mass is 10.0. The van der Waals surface area contributed by atoms with Crippen molar-refractivity contribution in [2.75, 3.05) is 5.73 Å². The van der Waals surface area contributed by atoms with E-state index in [-0.39, 0.29) is 29.0 Å². The van der Waals surface area contributed by atoms with Crippen LogP contribution in [0.4, 0.5) is 14.5 Å².